The lowest BCUT2D eigenvalue weighted by Crippen LogP contribution is -2.37. The van der Waals surface area contributed by atoms with E-state index < -0.39 is 6.61 Å². The first-order valence-electron chi connectivity index (χ1n) is 7.85. The lowest BCUT2D eigenvalue weighted by atomic mass is 10.2. The molecule has 0 amide bonds. The summed E-state index contributed by atoms with van der Waals surface area (Å²) in [5, 5.41) is 14.2. The number of alkyl halides is 2. The zero-order chi connectivity index (χ0) is 19.1. The van der Waals surface area contributed by atoms with Crippen LogP contribution in [0.3, 0.4) is 0 Å². The Balaban J connectivity index is 2.02. The van der Waals surface area contributed by atoms with E-state index in [4.69, 9.17) is 4.74 Å². The van der Waals surface area contributed by atoms with Crippen LogP contribution in [-0.2, 0) is 20.1 Å². The number of nitrogens with zero attached hydrogens (tertiary/aromatic N) is 4. The molecule has 0 spiro atoms. The average molecular weight is 368 g/mol. The molecule has 0 saturated carbocycles. The van der Waals surface area contributed by atoms with Crippen LogP contribution >= 0.6 is 0 Å². The van der Waals surface area contributed by atoms with Crippen LogP contribution in [0.1, 0.15) is 17.2 Å². The number of nitrogens with one attached hydrogen (secondary N) is 2. The van der Waals surface area contributed by atoms with Gasteiger partial charge in [0, 0.05) is 26.2 Å². The molecule has 0 unspecified atom stereocenters. The van der Waals surface area contributed by atoms with Crippen molar-refractivity contribution in [2.75, 3.05) is 14.2 Å². The molecule has 0 atom stereocenters. The van der Waals surface area contributed by atoms with Gasteiger partial charge in [0.05, 0.1) is 13.7 Å². The molecule has 0 fully saturated rings. The molecule has 0 radical (unpaired) electrons. The van der Waals surface area contributed by atoms with Crippen molar-refractivity contribution in [3.63, 3.8) is 0 Å². The zero-order valence-electron chi connectivity index (χ0n) is 15.1. The second kappa shape index (κ2) is 8.97. The van der Waals surface area contributed by atoms with Crippen LogP contribution in [0.25, 0.3) is 0 Å². The number of aromatic nitrogens is 3. The summed E-state index contributed by atoms with van der Waals surface area (Å²) in [6.45, 7) is -0.415. The first kappa shape index (κ1) is 19.4. The minimum absolute atomic E-state index is 0.0766. The van der Waals surface area contributed by atoms with Crippen molar-refractivity contribution < 1.29 is 18.3 Å². The molecule has 2 rings (SSSR count). The van der Waals surface area contributed by atoms with Crippen LogP contribution < -0.4 is 20.1 Å². The van der Waals surface area contributed by atoms with Crippen molar-refractivity contribution in [2.45, 2.75) is 26.6 Å². The minimum Gasteiger partial charge on any atom is -0.497 e. The van der Waals surface area contributed by atoms with E-state index in [9.17, 15) is 8.78 Å². The van der Waals surface area contributed by atoms with Crippen LogP contribution in [-0.4, -0.2) is 41.5 Å². The second-order valence-corrected chi connectivity index (χ2v) is 5.35. The fraction of sp³-hybridized carbons (Fsp3) is 0.438. The van der Waals surface area contributed by atoms with E-state index in [1.807, 2.05) is 18.5 Å². The molecule has 0 saturated heterocycles. The Bertz CT molecular complexity index is 763. The van der Waals surface area contributed by atoms with Gasteiger partial charge < -0.3 is 24.7 Å². The lowest BCUT2D eigenvalue weighted by Gasteiger charge is -2.15. The van der Waals surface area contributed by atoms with Crippen LogP contribution in [0.4, 0.5) is 8.78 Å². The van der Waals surface area contributed by atoms with Crippen LogP contribution in [0.15, 0.2) is 23.2 Å². The number of aryl methyl sites for hydroxylation is 1. The third-order valence-electron chi connectivity index (χ3n) is 3.75. The van der Waals surface area contributed by atoms with Gasteiger partial charge in [-0.2, -0.15) is 8.78 Å². The van der Waals surface area contributed by atoms with E-state index in [1.165, 1.54) is 13.2 Å². The number of methoxy groups -OCH3 is 1. The first-order chi connectivity index (χ1) is 12.4. The smallest absolute Gasteiger partial charge is 0.387 e. The molecule has 0 aliphatic heterocycles. The molecule has 1 aromatic heterocycles. The molecule has 2 aromatic rings. The summed E-state index contributed by atoms with van der Waals surface area (Å²) in [7, 11) is 4.98. The Hall–Kier alpha value is -2.91. The highest BCUT2D eigenvalue weighted by Crippen LogP contribution is 2.25. The number of benzene rings is 1. The monoisotopic (exact) mass is 368 g/mol. The van der Waals surface area contributed by atoms with Gasteiger partial charge in [-0.05, 0) is 25.1 Å². The molecular formula is C16H22F2N6O2. The van der Waals surface area contributed by atoms with E-state index >= 15 is 0 Å². The van der Waals surface area contributed by atoms with Crippen LogP contribution in [0.5, 0.6) is 11.5 Å². The van der Waals surface area contributed by atoms with Crippen molar-refractivity contribution in [3.8, 4) is 11.5 Å². The van der Waals surface area contributed by atoms with Crippen molar-refractivity contribution in [3.05, 3.63) is 35.4 Å². The van der Waals surface area contributed by atoms with Gasteiger partial charge in [-0.1, -0.05) is 0 Å². The Morgan fingerprint density at radius 1 is 1.27 bits per heavy atom. The molecule has 1 aromatic carbocycles. The molecule has 1 heterocycles. The first-order valence-corrected chi connectivity index (χ1v) is 7.85. The molecule has 8 nitrogen and oxygen atoms in total. The van der Waals surface area contributed by atoms with Gasteiger partial charge in [0.1, 0.15) is 17.3 Å². The summed E-state index contributed by atoms with van der Waals surface area (Å²) >= 11 is 0. The van der Waals surface area contributed by atoms with Gasteiger partial charge in [0.15, 0.2) is 11.8 Å². The van der Waals surface area contributed by atoms with Crippen molar-refractivity contribution in [1.82, 2.24) is 25.4 Å². The van der Waals surface area contributed by atoms with E-state index in [1.54, 1.807) is 19.2 Å². The number of rotatable bonds is 7. The third kappa shape index (κ3) is 5.04. The Labute approximate surface area is 150 Å². The van der Waals surface area contributed by atoms with Gasteiger partial charge in [-0.15, -0.1) is 10.2 Å². The summed E-state index contributed by atoms with van der Waals surface area (Å²) in [6, 6.07) is 4.63. The van der Waals surface area contributed by atoms with E-state index in [-0.39, 0.29) is 12.3 Å². The summed E-state index contributed by atoms with van der Waals surface area (Å²) < 4.78 is 36.7. The van der Waals surface area contributed by atoms with Gasteiger partial charge >= 0.3 is 6.61 Å². The van der Waals surface area contributed by atoms with Crippen molar-refractivity contribution in [2.24, 2.45) is 12.0 Å². The largest absolute Gasteiger partial charge is 0.497 e. The van der Waals surface area contributed by atoms with E-state index in [0.29, 0.717) is 23.8 Å². The summed E-state index contributed by atoms with van der Waals surface area (Å²) in [6.07, 6.45) is 0. The predicted molar refractivity (Wildman–Crippen MR) is 92.4 cm³/mol. The molecular weight excluding hydrogens is 346 g/mol. The van der Waals surface area contributed by atoms with Crippen LogP contribution in [0.2, 0.25) is 0 Å². The number of hydrogen-bond donors (Lipinski definition) is 2. The number of hydrogen-bond acceptors (Lipinski definition) is 5. The van der Waals surface area contributed by atoms with E-state index in [0.717, 1.165) is 11.6 Å². The normalized spacial score (nSPS) is 11.6. The Morgan fingerprint density at radius 2 is 2.00 bits per heavy atom. The molecule has 0 aliphatic rings. The van der Waals surface area contributed by atoms with Gasteiger partial charge in [0.25, 0.3) is 0 Å². The molecule has 0 bridgehead atoms. The summed E-state index contributed by atoms with van der Waals surface area (Å²) in [5.41, 5.74) is 0.516. The van der Waals surface area contributed by atoms with Gasteiger partial charge in [-0.3, -0.25) is 4.99 Å². The number of aliphatic imine (C=N–C) groups is 1. The predicted octanol–water partition coefficient (Wildman–Crippen LogP) is 1.60. The maximum absolute atomic E-state index is 12.6. The van der Waals surface area contributed by atoms with Gasteiger partial charge in [-0.25, -0.2) is 0 Å². The topological polar surface area (TPSA) is 85.6 Å². The SMILES string of the molecule is CN=C(NCc1cc(OC)ccc1OC(F)F)NCc1nnc(C)n1C. The number of halogens is 2. The van der Waals surface area contributed by atoms with Crippen LogP contribution in [0, 0.1) is 6.92 Å². The average Bonchev–Trinajstić information content (AvgIpc) is 2.94. The van der Waals surface area contributed by atoms with Crippen molar-refractivity contribution in [1.29, 1.82) is 0 Å². The molecule has 0 aliphatic carbocycles. The third-order valence-corrected chi connectivity index (χ3v) is 3.75. The fourth-order valence-electron chi connectivity index (χ4n) is 2.20. The van der Waals surface area contributed by atoms with Crippen molar-refractivity contribution >= 4 is 5.96 Å². The highest BCUT2D eigenvalue weighted by molar-refractivity contribution is 5.79. The lowest BCUT2D eigenvalue weighted by molar-refractivity contribution is -0.0504. The zero-order valence-corrected chi connectivity index (χ0v) is 15.1. The second-order valence-electron chi connectivity index (χ2n) is 5.35. The maximum Gasteiger partial charge on any atom is 0.387 e. The molecule has 2 N–H and O–H groups in total. The number of guanidine groups is 1. The highest BCUT2D eigenvalue weighted by Gasteiger charge is 2.12. The minimum atomic E-state index is -2.90. The molecule has 142 valence electrons. The van der Waals surface area contributed by atoms with E-state index in [2.05, 4.69) is 30.6 Å². The Morgan fingerprint density at radius 3 is 2.58 bits per heavy atom. The standard InChI is InChI=1S/C16H22F2N6O2/c1-10-22-23-14(24(10)3)9-21-16(19-2)20-8-11-7-12(25-4)5-6-13(11)26-15(17)18/h5-7,15H,8-9H2,1-4H3,(H2,19,20,21). The maximum atomic E-state index is 12.6. The number of ether oxygens (including phenoxy) is 2. The molecule has 10 heteroatoms. The van der Waals surface area contributed by atoms with Gasteiger partial charge in [0.2, 0.25) is 0 Å². The highest BCUT2D eigenvalue weighted by atomic mass is 19.3. The molecule has 26 heavy (non-hydrogen) atoms. The summed E-state index contributed by atoms with van der Waals surface area (Å²) in [4.78, 5) is 4.10. The Kier molecular flexibility index (Phi) is 6.70. The summed E-state index contributed by atoms with van der Waals surface area (Å²) in [5.74, 6) is 2.65. The quantitative estimate of drug-likeness (QED) is 0.570. The fourth-order valence-corrected chi connectivity index (χ4v) is 2.20.